The monoisotopic (exact) mass is 284 g/mol. The van der Waals surface area contributed by atoms with Gasteiger partial charge in [0.05, 0.1) is 0 Å². The van der Waals surface area contributed by atoms with E-state index in [9.17, 15) is 0 Å². The summed E-state index contributed by atoms with van der Waals surface area (Å²) in [5.74, 6) is 1.30. The lowest BCUT2D eigenvalue weighted by atomic mass is 10.1. The number of hydrogen-bond donors (Lipinski definition) is 1. The third kappa shape index (κ3) is 2.25. The van der Waals surface area contributed by atoms with Gasteiger partial charge in [0.15, 0.2) is 10.6 Å². The van der Waals surface area contributed by atoms with Crippen LogP contribution in [0.1, 0.15) is 13.8 Å². The summed E-state index contributed by atoms with van der Waals surface area (Å²) in [5, 5.41) is 9.50. The van der Waals surface area contributed by atoms with Crippen LogP contribution in [0.3, 0.4) is 0 Å². The van der Waals surface area contributed by atoms with Gasteiger partial charge in [0.25, 0.3) is 0 Å². The quantitative estimate of drug-likeness (QED) is 0.744. The van der Waals surface area contributed by atoms with Crippen molar-refractivity contribution in [2.75, 3.05) is 0 Å². The predicted octanol–water partition coefficient (Wildman–Crippen LogP) is 3.81. The van der Waals surface area contributed by atoms with Crippen molar-refractivity contribution >= 4 is 23.0 Å². The van der Waals surface area contributed by atoms with E-state index in [1.165, 1.54) is 0 Å². The molecule has 0 aliphatic carbocycles. The van der Waals surface area contributed by atoms with E-state index in [0.717, 1.165) is 28.8 Å². The number of H-pyrrole nitrogens is 1. The zero-order valence-corrected chi connectivity index (χ0v) is 12.3. The van der Waals surface area contributed by atoms with Crippen molar-refractivity contribution in [1.82, 2.24) is 19.7 Å². The number of rotatable bonds is 3. The number of nitrogens with zero attached hydrogens (tertiary/aromatic N) is 3. The van der Waals surface area contributed by atoms with Crippen molar-refractivity contribution in [3.05, 3.63) is 41.3 Å². The smallest absolute Gasteiger partial charge is 0.195 e. The lowest BCUT2D eigenvalue weighted by molar-refractivity contribution is 0.521. The first-order valence-electron chi connectivity index (χ1n) is 6.66. The molecule has 0 saturated carbocycles. The second kappa shape index (κ2) is 5.17. The molecule has 1 aromatic carbocycles. The summed E-state index contributed by atoms with van der Waals surface area (Å²) in [7, 11) is 0. The van der Waals surface area contributed by atoms with E-state index in [1.807, 2.05) is 29.0 Å². The van der Waals surface area contributed by atoms with Gasteiger partial charge in [-0.05, 0) is 29.6 Å². The Bertz CT molecular complexity index is 795. The molecule has 0 bridgehead atoms. The van der Waals surface area contributed by atoms with Crippen molar-refractivity contribution in [3.8, 4) is 11.5 Å². The highest BCUT2D eigenvalue weighted by molar-refractivity contribution is 7.71. The molecule has 2 heterocycles. The van der Waals surface area contributed by atoms with E-state index in [0.29, 0.717) is 10.7 Å². The molecule has 4 nitrogen and oxygen atoms in total. The second-order valence-corrected chi connectivity index (χ2v) is 5.62. The van der Waals surface area contributed by atoms with Crippen LogP contribution in [0.2, 0.25) is 0 Å². The van der Waals surface area contributed by atoms with Crippen LogP contribution >= 0.6 is 12.2 Å². The van der Waals surface area contributed by atoms with Crippen molar-refractivity contribution in [2.45, 2.75) is 20.4 Å². The predicted molar refractivity (Wildman–Crippen MR) is 83.0 cm³/mol. The first kappa shape index (κ1) is 13.0. The van der Waals surface area contributed by atoms with Gasteiger partial charge < -0.3 is 0 Å². The largest absolute Gasteiger partial charge is 0.299 e. The van der Waals surface area contributed by atoms with E-state index >= 15 is 0 Å². The van der Waals surface area contributed by atoms with Gasteiger partial charge in [-0.15, -0.1) is 0 Å². The first-order valence-corrected chi connectivity index (χ1v) is 7.07. The molecule has 0 amide bonds. The van der Waals surface area contributed by atoms with Gasteiger partial charge >= 0.3 is 0 Å². The summed E-state index contributed by atoms with van der Waals surface area (Å²) in [6.07, 6.45) is 1.81. The van der Waals surface area contributed by atoms with Gasteiger partial charge in [-0.1, -0.05) is 38.1 Å². The van der Waals surface area contributed by atoms with Gasteiger partial charge in [0.1, 0.15) is 5.69 Å². The summed E-state index contributed by atoms with van der Waals surface area (Å²) >= 11 is 5.33. The minimum Gasteiger partial charge on any atom is -0.299 e. The van der Waals surface area contributed by atoms with Gasteiger partial charge in [0.2, 0.25) is 0 Å². The summed E-state index contributed by atoms with van der Waals surface area (Å²) in [6, 6.07) is 10.2. The van der Waals surface area contributed by atoms with Gasteiger partial charge in [-0.25, -0.2) is 0 Å². The van der Waals surface area contributed by atoms with E-state index in [1.54, 1.807) is 0 Å². The number of pyridine rings is 1. The molecule has 5 heteroatoms. The standard InChI is InChI=1S/C15H16N4S/c1-10(2)9-19-14(17-18-15(19)20)13-12-6-4-3-5-11(12)7-8-16-13/h3-8,10H,9H2,1-2H3,(H,18,20). The van der Waals surface area contributed by atoms with E-state index in [2.05, 4.69) is 41.2 Å². The van der Waals surface area contributed by atoms with Crippen LogP contribution < -0.4 is 0 Å². The summed E-state index contributed by atoms with van der Waals surface area (Å²) in [5.41, 5.74) is 0.871. The minimum absolute atomic E-state index is 0.494. The molecule has 3 aromatic rings. The number of fused-ring (bicyclic) bond motifs is 1. The Morgan fingerprint density at radius 3 is 2.85 bits per heavy atom. The summed E-state index contributed by atoms with van der Waals surface area (Å²) in [4.78, 5) is 4.51. The first-order chi connectivity index (χ1) is 9.66. The number of aromatic amines is 1. The highest BCUT2D eigenvalue weighted by Gasteiger charge is 2.13. The van der Waals surface area contributed by atoms with Crippen LogP contribution in [0, 0.1) is 10.7 Å². The fraction of sp³-hybridized carbons (Fsp3) is 0.267. The molecule has 0 atom stereocenters. The fourth-order valence-electron chi connectivity index (χ4n) is 2.33. The Morgan fingerprint density at radius 1 is 1.25 bits per heavy atom. The molecule has 3 rings (SSSR count). The maximum atomic E-state index is 5.33. The Morgan fingerprint density at radius 2 is 2.05 bits per heavy atom. The Kier molecular flexibility index (Phi) is 3.36. The second-order valence-electron chi connectivity index (χ2n) is 5.24. The zero-order valence-electron chi connectivity index (χ0n) is 11.5. The number of benzene rings is 1. The molecule has 0 fully saturated rings. The van der Waals surface area contributed by atoms with Crippen molar-refractivity contribution in [1.29, 1.82) is 0 Å². The van der Waals surface area contributed by atoms with Gasteiger partial charge in [0, 0.05) is 18.1 Å². The molecule has 20 heavy (non-hydrogen) atoms. The van der Waals surface area contributed by atoms with Crippen molar-refractivity contribution in [3.63, 3.8) is 0 Å². The average molecular weight is 284 g/mol. The average Bonchev–Trinajstić information content (AvgIpc) is 2.79. The Balaban J connectivity index is 2.24. The number of hydrogen-bond acceptors (Lipinski definition) is 3. The van der Waals surface area contributed by atoms with Crippen LogP contribution in [-0.4, -0.2) is 19.7 Å². The molecule has 1 N–H and O–H groups in total. The van der Waals surface area contributed by atoms with Crippen LogP contribution in [0.5, 0.6) is 0 Å². The molecule has 2 aromatic heterocycles. The molecule has 0 spiro atoms. The fourth-order valence-corrected chi connectivity index (χ4v) is 2.54. The normalized spacial score (nSPS) is 11.3. The summed E-state index contributed by atoms with van der Waals surface area (Å²) < 4.78 is 2.66. The maximum Gasteiger partial charge on any atom is 0.195 e. The molecule has 0 aliphatic heterocycles. The topological polar surface area (TPSA) is 46.5 Å². The highest BCUT2D eigenvalue weighted by Crippen LogP contribution is 2.25. The molecule has 0 unspecified atom stereocenters. The molecule has 102 valence electrons. The van der Waals surface area contributed by atoms with E-state index < -0.39 is 0 Å². The number of aromatic nitrogens is 4. The molecular weight excluding hydrogens is 268 g/mol. The number of nitrogens with one attached hydrogen (secondary N) is 1. The lowest BCUT2D eigenvalue weighted by Crippen LogP contribution is -2.07. The van der Waals surface area contributed by atoms with Crippen molar-refractivity contribution < 1.29 is 0 Å². The summed E-state index contributed by atoms with van der Waals surface area (Å²) in [6.45, 7) is 5.15. The van der Waals surface area contributed by atoms with Gasteiger partial charge in [-0.2, -0.15) is 5.10 Å². The molecule has 0 saturated heterocycles. The van der Waals surface area contributed by atoms with E-state index in [-0.39, 0.29) is 0 Å². The van der Waals surface area contributed by atoms with Crippen LogP contribution in [0.4, 0.5) is 0 Å². The third-order valence-corrected chi connectivity index (χ3v) is 3.50. The van der Waals surface area contributed by atoms with Crippen molar-refractivity contribution in [2.24, 2.45) is 5.92 Å². The highest BCUT2D eigenvalue weighted by atomic mass is 32.1. The maximum absolute atomic E-state index is 5.33. The van der Waals surface area contributed by atoms with Crippen LogP contribution in [-0.2, 0) is 6.54 Å². The molecular formula is C15H16N4S. The van der Waals surface area contributed by atoms with Crippen LogP contribution in [0.25, 0.3) is 22.3 Å². The van der Waals surface area contributed by atoms with Gasteiger partial charge in [-0.3, -0.25) is 14.6 Å². The molecule has 0 aliphatic rings. The lowest BCUT2D eigenvalue weighted by Gasteiger charge is -2.10. The zero-order chi connectivity index (χ0) is 14.1. The SMILES string of the molecule is CC(C)Cn1c(-c2nccc3ccccc23)n[nH]c1=S. The van der Waals surface area contributed by atoms with Crippen LogP contribution in [0.15, 0.2) is 36.5 Å². The molecule has 0 radical (unpaired) electrons. The Labute approximate surface area is 122 Å². The third-order valence-electron chi connectivity index (χ3n) is 3.19. The Hall–Kier alpha value is -2.01. The van der Waals surface area contributed by atoms with E-state index in [4.69, 9.17) is 12.2 Å². The minimum atomic E-state index is 0.494.